The number of aryl methyl sites for hydroxylation is 1. The molecule has 0 radical (unpaired) electrons. The summed E-state index contributed by atoms with van der Waals surface area (Å²) in [4.78, 5) is 0. The molecular weight excluding hydrogens is 252 g/mol. The van der Waals surface area contributed by atoms with Crippen LogP contribution in [0.1, 0.15) is 29.2 Å². The van der Waals surface area contributed by atoms with Gasteiger partial charge >= 0.3 is 0 Å². The summed E-state index contributed by atoms with van der Waals surface area (Å²) in [5.41, 5.74) is 9.07. The first-order chi connectivity index (χ1) is 10.4. The van der Waals surface area contributed by atoms with Gasteiger partial charge in [-0.05, 0) is 58.6 Å². The molecule has 2 aliphatic carbocycles. The average molecular weight is 272 g/mol. The Morgan fingerprint density at radius 1 is 0.952 bits per heavy atom. The lowest BCUT2D eigenvalue weighted by Crippen LogP contribution is -2.04. The Morgan fingerprint density at radius 3 is 2.57 bits per heavy atom. The van der Waals surface area contributed by atoms with E-state index in [4.69, 9.17) is 0 Å². The number of hydrogen-bond acceptors (Lipinski definition) is 0. The highest BCUT2D eigenvalue weighted by Gasteiger charge is 2.23. The molecule has 0 heterocycles. The summed E-state index contributed by atoms with van der Waals surface area (Å²) in [6.45, 7) is 2.27. The molecule has 104 valence electrons. The second-order valence-corrected chi connectivity index (χ2v) is 6.05. The van der Waals surface area contributed by atoms with E-state index in [0.29, 0.717) is 5.92 Å². The molecule has 0 fully saturated rings. The lowest BCUT2D eigenvalue weighted by Gasteiger charge is -2.16. The average Bonchev–Trinajstić information content (AvgIpc) is 3.15. The van der Waals surface area contributed by atoms with E-state index in [9.17, 15) is 0 Å². The number of fused-ring (bicyclic) bond motifs is 3. The van der Waals surface area contributed by atoms with Crippen LogP contribution in [0, 0.1) is 5.92 Å². The van der Waals surface area contributed by atoms with Crippen molar-refractivity contribution in [3.05, 3.63) is 83.0 Å². The van der Waals surface area contributed by atoms with E-state index in [2.05, 4.69) is 67.6 Å². The van der Waals surface area contributed by atoms with Crippen molar-refractivity contribution in [1.82, 2.24) is 0 Å². The summed E-state index contributed by atoms with van der Waals surface area (Å²) in [5, 5.41) is 0. The Hall–Kier alpha value is -2.08. The number of benzene rings is 2. The van der Waals surface area contributed by atoms with Crippen molar-refractivity contribution in [2.75, 3.05) is 0 Å². The van der Waals surface area contributed by atoms with Gasteiger partial charge in [-0.15, -0.1) is 0 Å². The fraction of sp³-hybridized carbons (Fsp3) is 0.238. The molecule has 0 saturated carbocycles. The number of hydrogen-bond donors (Lipinski definition) is 0. The third kappa shape index (κ3) is 2.06. The third-order valence-electron chi connectivity index (χ3n) is 4.85. The molecular formula is C21H20. The minimum absolute atomic E-state index is 0.575. The molecule has 0 N–H and O–H groups in total. The van der Waals surface area contributed by atoms with Crippen LogP contribution in [-0.2, 0) is 19.3 Å². The van der Waals surface area contributed by atoms with Gasteiger partial charge in [-0.2, -0.15) is 0 Å². The van der Waals surface area contributed by atoms with Crippen LogP contribution in [0.2, 0.25) is 0 Å². The number of allylic oxidation sites excluding steroid dienone is 4. The summed E-state index contributed by atoms with van der Waals surface area (Å²) in [5.74, 6) is 0.575. The minimum Gasteiger partial charge on any atom is -0.0773 e. The van der Waals surface area contributed by atoms with E-state index in [1.54, 1.807) is 11.1 Å². The Balaban J connectivity index is 1.82. The summed E-state index contributed by atoms with van der Waals surface area (Å²) < 4.78 is 0. The van der Waals surface area contributed by atoms with E-state index in [-0.39, 0.29) is 0 Å². The van der Waals surface area contributed by atoms with Crippen LogP contribution in [0.15, 0.2) is 60.7 Å². The lowest BCUT2D eigenvalue weighted by molar-refractivity contribution is 0.796. The summed E-state index contributed by atoms with van der Waals surface area (Å²) in [6.07, 6.45) is 12.4. The molecule has 0 unspecified atom stereocenters. The first-order valence-corrected chi connectivity index (χ1v) is 7.93. The largest absolute Gasteiger partial charge is 0.0773 e. The van der Waals surface area contributed by atoms with Crippen molar-refractivity contribution in [2.24, 2.45) is 5.92 Å². The highest BCUT2D eigenvalue weighted by molar-refractivity contribution is 5.78. The molecule has 0 amide bonds. The predicted molar refractivity (Wildman–Crippen MR) is 89.5 cm³/mol. The fourth-order valence-corrected chi connectivity index (χ4v) is 3.76. The van der Waals surface area contributed by atoms with Gasteiger partial charge in [-0.3, -0.25) is 0 Å². The first-order valence-electron chi connectivity index (χ1n) is 7.93. The van der Waals surface area contributed by atoms with Gasteiger partial charge in [0.1, 0.15) is 0 Å². The Bertz CT molecular complexity index is 735. The van der Waals surface area contributed by atoms with Gasteiger partial charge < -0.3 is 0 Å². The van der Waals surface area contributed by atoms with Crippen LogP contribution in [0.25, 0.3) is 11.1 Å². The molecule has 0 aromatic heterocycles. The van der Waals surface area contributed by atoms with Crippen LogP contribution in [-0.4, -0.2) is 0 Å². The number of rotatable bonds is 3. The van der Waals surface area contributed by atoms with Crippen molar-refractivity contribution >= 4 is 0 Å². The highest BCUT2D eigenvalue weighted by Crippen LogP contribution is 2.40. The SMILES string of the molecule is CCc1ccc2c(c1CC1C=CC=C1)Cc1ccccc1-2. The van der Waals surface area contributed by atoms with Crippen LogP contribution >= 0.6 is 0 Å². The Kier molecular flexibility index (Phi) is 3.03. The van der Waals surface area contributed by atoms with E-state index >= 15 is 0 Å². The van der Waals surface area contributed by atoms with Crippen molar-refractivity contribution in [3.63, 3.8) is 0 Å². The molecule has 2 aliphatic rings. The van der Waals surface area contributed by atoms with E-state index in [1.165, 1.54) is 22.3 Å². The van der Waals surface area contributed by atoms with Crippen LogP contribution < -0.4 is 0 Å². The standard InChI is InChI=1S/C21H20/c1-2-16-11-12-19-18-10-6-5-9-17(18)14-21(19)20(16)13-15-7-3-4-8-15/h3-12,15H,2,13-14H2,1H3. The molecule has 0 nitrogen and oxygen atoms in total. The van der Waals surface area contributed by atoms with Crippen molar-refractivity contribution in [1.29, 1.82) is 0 Å². The van der Waals surface area contributed by atoms with Gasteiger partial charge in [-0.25, -0.2) is 0 Å². The molecule has 2 aromatic carbocycles. The fourth-order valence-electron chi connectivity index (χ4n) is 3.76. The smallest absolute Gasteiger partial charge is 0.000662 e. The molecule has 0 spiro atoms. The van der Waals surface area contributed by atoms with E-state index < -0.39 is 0 Å². The zero-order valence-corrected chi connectivity index (χ0v) is 12.5. The zero-order chi connectivity index (χ0) is 14.2. The zero-order valence-electron chi connectivity index (χ0n) is 12.5. The molecule has 0 saturated heterocycles. The molecule has 0 atom stereocenters. The van der Waals surface area contributed by atoms with Crippen molar-refractivity contribution in [2.45, 2.75) is 26.2 Å². The maximum Gasteiger partial charge on any atom is -0.000662 e. The molecule has 0 aliphatic heterocycles. The van der Waals surface area contributed by atoms with Gasteiger partial charge in [0.2, 0.25) is 0 Å². The first kappa shape index (κ1) is 12.6. The second kappa shape index (κ2) is 5.04. The predicted octanol–water partition coefficient (Wildman–Crippen LogP) is 5.10. The van der Waals surface area contributed by atoms with E-state index in [0.717, 1.165) is 19.3 Å². The molecule has 2 aromatic rings. The lowest BCUT2D eigenvalue weighted by atomic mass is 9.88. The quantitative estimate of drug-likeness (QED) is 0.622. The Labute approximate surface area is 126 Å². The van der Waals surface area contributed by atoms with Crippen LogP contribution in [0.3, 0.4) is 0 Å². The monoisotopic (exact) mass is 272 g/mol. The minimum atomic E-state index is 0.575. The van der Waals surface area contributed by atoms with Crippen LogP contribution in [0.4, 0.5) is 0 Å². The van der Waals surface area contributed by atoms with Crippen molar-refractivity contribution in [3.8, 4) is 11.1 Å². The van der Waals surface area contributed by atoms with Gasteiger partial charge in [-0.1, -0.05) is 67.6 Å². The van der Waals surface area contributed by atoms with Gasteiger partial charge in [0.05, 0.1) is 0 Å². The Morgan fingerprint density at radius 2 is 1.76 bits per heavy atom. The summed E-state index contributed by atoms with van der Waals surface area (Å²) in [6, 6.07) is 13.5. The third-order valence-corrected chi connectivity index (χ3v) is 4.85. The second-order valence-electron chi connectivity index (χ2n) is 6.05. The maximum atomic E-state index is 2.35. The van der Waals surface area contributed by atoms with Gasteiger partial charge in [0.15, 0.2) is 0 Å². The summed E-state index contributed by atoms with van der Waals surface area (Å²) >= 11 is 0. The van der Waals surface area contributed by atoms with Gasteiger partial charge in [0.25, 0.3) is 0 Å². The molecule has 0 heteroatoms. The summed E-state index contributed by atoms with van der Waals surface area (Å²) in [7, 11) is 0. The molecule has 4 rings (SSSR count). The van der Waals surface area contributed by atoms with E-state index in [1.807, 2.05) is 0 Å². The topological polar surface area (TPSA) is 0 Å². The van der Waals surface area contributed by atoms with Crippen LogP contribution in [0.5, 0.6) is 0 Å². The van der Waals surface area contributed by atoms with Crippen molar-refractivity contribution < 1.29 is 0 Å². The van der Waals surface area contributed by atoms with Gasteiger partial charge in [0, 0.05) is 0 Å². The molecule has 0 bridgehead atoms. The highest BCUT2D eigenvalue weighted by atomic mass is 14.3. The molecule has 21 heavy (non-hydrogen) atoms. The normalized spacial score (nSPS) is 15.5. The maximum absolute atomic E-state index is 2.35.